The monoisotopic (exact) mass is 292 g/mol. The van der Waals surface area contributed by atoms with Crippen LogP contribution in [0.3, 0.4) is 0 Å². The average Bonchev–Trinajstić information content (AvgIpc) is 2.31. The number of hydrogen-bond acceptors (Lipinski definition) is 1. The zero-order valence-corrected chi connectivity index (χ0v) is 15.5. The molecule has 0 unspecified atom stereocenters. The van der Waals surface area contributed by atoms with Crippen LogP contribution in [0.25, 0.3) is 0 Å². The summed E-state index contributed by atoms with van der Waals surface area (Å²) in [7, 11) is -1.83. The predicted molar refractivity (Wildman–Crippen MR) is 93.3 cm³/mol. The van der Waals surface area contributed by atoms with E-state index in [2.05, 4.69) is 60.2 Å². The maximum Gasteiger partial charge on any atom is 0.193 e. The van der Waals surface area contributed by atoms with Crippen LogP contribution in [0.1, 0.15) is 53.9 Å². The highest BCUT2D eigenvalue weighted by Gasteiger charge is 2.39. The summed E-state index contributed by atoms with van der Waals surface area (Å²) in [5.74, 6) is 2.62. The number of unbranched alkanes of at least 4 members (excludes halogenated alkanes) is 1. The van der Waals surface area contributed by atoms with E-state index >= 15 is 0 Å². The highest BCUT2D eigenvalue weighted by molar-refractivity contribution is 6.74. The van der Waals surface area contributed by atoms with Gasteiger partial charge in [0.2, 0.25) is 0 Å². The van der Waals surface area contributed by atoms with E-state index in [0.717, 1.165) is 24.0 Å². The van der Waals surface area contributed by atoms with Gasteiger partial charge in [-0.1, -0.05) is 46.6 Å². The first-order valence-electron chi connectivity index (χ1n) is 7.55. The lowest BCUT2D eigenvalue weighted by Crippen LogP contribution is -2.44. The minimum atomic E-state index is -1.83. The molecule has 114 valence electrons. The van der Waals surface area contributed by atoms with Gasteiger partial charge in [0, 0.05) is 0 Å². The second kappa shape index (κ2) is 7.86. The van der Waals surface area contributed by atoms with Gasteiger partial charge in [-0.05, 0) is 55.1 Å². The first-order chi connectivity index (χ1) is 9.06. The van der Waals surface area contributed by atoms with Gasteiger partial charge in [-0.3, -0.25) is 0 Å². The molecule has 0 aromatic heterocycles. The molecule has 2 heteroatoms. The third kappa shape index (κ3) is 5.69. The quantitative estimate of drug-likeness (QED) is 0.332. The van der Waals surface area contributed by atoms with Gasteiger partial charge >= 0.3 is 0 Å². The van der Waals surface area contributed by atoms with E-state index in [4.69, 9.17) is 10.8 Å². The van der Waals surface area contributed by atoms with E-state index in [1.165, 1.54) is 6.42 Å². The fourth-order valence-corrected chi connectivity index (χ4v) is 3.01. The highest BCUT2D eigenvalue weighted by atomic mass is 28.4. The number of rotatable bonds is 7. The Hall–Kier alpha value is -0.783. The molecule has 0 aliphatic heterocycles. The molecule has 1 atom stereocenters. The van der Waals surface area contributed by atoms with Crippen LogP contribution in [0.4, 0.5) is 0 Å². The molecule has 20 heavy (non-hydrogen) atoms. The van der Waals surface area contributed by atoms with Gasteiger partial charge < -0.3 is 4.43 Å². The molecule has 0 aromatic carbocycles. The van der Waals surface area contributed by atoms with Crippen LogP contribution < -0.4 is 0 Å². The minimum absolute atomic E-state index is 0.0292. The fraction of sp³-hybridized carbons (Fsp3) is 0.667. The Morgan fingerprint density at radius 2 is 1.95 bits per heavy atom. The van der Waals surface area contributed by atoms with Crippen LogP contribution in [0.5, 0.6) is 0 Å². The van der Waals surface area contributed by atoms with Crippen molar-refractivity contribution in [2.24, 2.45) is 0 Å². The molecule has 0 bridgehead atoms. The summed E-state index contributed by atoms with van der Waals surface area (Å²) in [4.78, 5) is 0. The van der Waals surface area contributed by atoms with E-state index in [0.29, 0.717) is 0 Å². The van der Waals surface area contributed by atoms with E-state index in [1.54, 1.807) is 0 Å². The highest BCUT2D eigenvalue weighted by Crippen LogP contribution is 2.39. The second-order valence-electron chi connectivity index (χ2n) is 7.08. The van der Waals surface area contributed by atoms with Crippen molar-refractivity contribution < 1.29 is 4.43 Å². The Morgan fingerprint density at radius 1 is 1.40 bits per heavy atom. The molecule has 0 saturated carbocycles. The second-order valence-corrected chi connectivity index (χ2v) is 11.8. The molecule has 0 rings (SSSR count). The van der Waals surface area contributed by atoms with E-state index in [9.17, 15) is 0 Å². The zero-order chi connectivity index (χ0) is 16.0. The van der Waals surface area contributed by atoms with Crippen molar-refractivity contribution in [1.82, 2.24) is 0 Å². The smallest absolute Gasteiger partial charge is 0.193 e. The molecule has 0 fully saturated rings. The van der Waals surface area contributed by atoms with Crippen LogP contribution in [-0.2, 0) is 4.43 Å². The van der Waals surface area contributed by atoms with Crippen LogP contribution >= 0.6 is 0 Å². The van der Waals surface area contributed by atoms with Crippen molar-refractivity contribution in [3.63, 3.8) is 0 Å². The predicted octanol–water partition coefficient (Wildman–Crippen LogP) is 5.70. The lowest BCUT2D eigenvalue weighted by Gasteiger charge is -2.40. The molecule has 0 aromatic rings. The molecule has 0 aliphatic carbocycles. The Bertz CT molecular complexity index is 391. The number of hydrogen-bond donors (Lipinski definition) is 0. The van der Waals surface area contributed by atoms with Crippen LogP contribution in [0, 0.1) is 12.3 Å². The topological polar surface area (TPSA) is 9.23 Å². The molecule has 0 radical (unpaired) electrons. The number of terminal acetylenes is 1. The molecule has 0 amide bonds. The van der Waals surface area contributed by atoms with Crippen molar-refractivity contribution in [1.29, 1.82) is 0 Å². The van der Waals surface area contributed by atoms with E-state index in [-0.39, 0.29) is 11.1 Å². The van der Waals surface area contributed by atoms with Crippen molar-refractivity contribution >= 4 is 8.32 Å². The van der Waals surface area contributed by atoms with Gasteiger partial charge in [0.05, 0.1) is 6.10 Å². The first-order valence-corrected chi connectivity index (χ1v) is 10.5. The molecule has 0 heterocycles. The molecular formula is C18H32OSi. The maximum absolute atomic E-state index is 6.55. The van der Waals surface area contributed by atoms with Crippen LogP contribution in [0.15, 0.2) is 23.8 Å². The molecule has 1 nitrogen and oxygen atoms in total. The van der Waals surface area contributed by atoms with Crippen LogP contribution in [0.2, 0.25) is 18.1 Å². The molecule has 0 N–H and O–H groups in total. The Kier molecular flexibility index (Phi) is 7.55. The third-order valence-electron chi connectivity index (χ3n) is 4.17. The van der Waals surface area contributed by atoms with Crippen molar-refractivity contribution in [3.05, 3.63) is 23.8 Å². The number of allylic oxidation sites excluding steroid dienone is 1. The minimum Gasteiger partial charge on any atom is -0.407 e. The summed E-state index contributed by atoms with van der Waals surface area (Å²) < 4.78 is 6.55. The van der Waals surface area contributed by atoms with Crippen LogP contribution in [-0.4, -0.2) is 14.4 Å². The Balaban J connectivity index is 5.21. The largest absolute Gasteiger partial charge is 0.407 e. The summed E-state index contributed by atoms with van der Waals surface area (Å²) in [5.41, 5.74) is 2.25. The molecule has 0 saturated heterocycles. The fourth-order valence-electron chi connectivity index (χ4n) is 1.71. The van der Waals surface area contributed by atoms with Crippen molar-refractivity contribution in [2.75, 3.05) is 0 Å². The lowest BCUT2D eigenvalue weighted by molar-refractivity contribution is 0.241. The van der Waals surface area contributed by atoms with Crippen molar-refractivity contribution in [2.45, 2.75) is 78.1 Å². The Labute approximate surface area is 127 Å². The SMILES string of the molecule is C#C/C=C(\C)[C@@H](O[Si](C)(C)C(C)(C)C)C(=C)CCCC. The third-order valence-corrected chi connectivity index (χ3v) is 8.60. The van der Waals surface area contributed by atoms with Gasteiger partial charge in [-0.15, -0.1) is 6.42 Å². The summed E-state index contributed by atoms with van der Waals surface area (Å²) in [6.45, 7) is 19.8. The summed E-state index contributed by atoms with van der Waals surface area (Å²) in [6.07, 6.45) is 10.5. The van der Waals surface area contributed by atoms with E-state index in [1.807, 2.05) is 6.08 Å². The van der Waals surface area contributed by atoms with Gasteiger partial charge in [0.15, 0.2) is 8.32 Å². The average molecular weight is 293 g/mol. The zero-order valence-electron chi connectivity index (χ0n) is 14.5. The summed E-state index contributed by atoms with van der Waals surface area (Å²) in [5, 5.41) is 0.187. The normalized spacial score (nSPS) is 14.8. The maximum atomic E-state index is 6.55. The first kappa shape index (κ1) is 19.2. The van der Waals surface area contributed by atoms with Gasteiger partial charge in [0.25, 0.3) is 0 Å². The summed E-state index contributed by atoms with van der Waals surface area (Å²) in [6, 6.07) is 0. The van der Waals surface area contributed by atoms with Gasteiger partial charge in [-0.2, -0.15) is 0 Å². The van der Waals surface area contributed by atoms with Gasteiger partial charge in [-0.25, -0.2) is 0 Å². The summed E-state index contributed by atoms with van der Waals surface area (Å²) >= 11 is 0. The Morgan fingerprint density at radius 3 is 2.35 bits per heavy atom. The lowest BCUT2D eigenvalue weighted by atomic mass is 9.99. The molecule has 0 spiro atoms. The molecule has 0 aliphatic rings. The van der Waals surface area contributed by atoms with E-state index < -0.39 is 8.32 Å². The van der Waals surface area contributed by atoms with Gasteiger partial charge in [0.1, 0.15) is 0 Å². The standard InChI is InChI=1S/C18H32OSi/c1-10-12-14-16(4)17(15(3)13-11-2)19-20(8,9)18(5,6)7/h2,13,17H,4,10,12,14H2,1,3,5-9H3/b15-13+/t17-/m1/s1. The van der Waals surface area contributed by atoms with Crippen molar-refractivity contribution in [3.8, 4) is 12.3 Å². The molecular weight excluding hydrogens is 260 g/mol.